The lowest BCUT2D eigenvalue weighted by atomic mass is 10.2. The largest absolute Gasteiger partial charge is 0.462 e. The minimum atomic E-state index is -0.205. The van der Waals surface area contributed by atoms with E-state index in [-0.39, 0.29) is 5.97 Å². The van der Waals surface area contributed by atoms with E-state index in [0.29, 0.717) is 12.2 Å². The number of hydrogen-bond donors (Lipinski definition) is 0. The Morgan fingerprint density at radius 3 is 2.60 bits per heavy atom. The van der Waals surface area contributed by atoms with Crippen LogP contribution in [0.4, 0.5) is 0 Å². The lowest BCUT2D eigenvalue weighted by Crippen LogP contribution is -2.07. The van der Waals surface area contributed by atoms with Gasteiger partial charge in [0, 0.05) is 0 Å². The molecule has 0 bridgehead atoms. The quantitative estimate of drug-likeness (QED) is 0.543. The van der Waals surface area contributed by atoms with Crippen LogP contribution in [0.2, 0.25) is 0 Å². The molecule has 0 radical (unpaired) electrons. The van der Waals surface area contributed by atoms with Crippen LogP contribution in [-0.4, -0.2) is 28.7 Å². The number of ether oxygens (including phenoxy) is 1. The Morgan fingerprint density at radius 1 is 1.10 bits per heavy atom. The van der Waals surface area contributed by atoms with Gasteiger partial charge in [-0.15, -0.1) is 23.5 Å². The molecule has 0 spiro atoms. The second kappa shape index (κ2) is 9.35. The molecule has 4 heteroatoms. The predicted molar refractivity (Wildman–Crippen MR) is 88.5 cm³/mol. The Bertz CT molecular complexity index is 389. The van der Waals surface area contributed by atoms with E-state index in [4.69, 9.17) is 4.74 Å². The van der Waals surface area contributed by atoms with Crippen molar-refractivity contribution in [3.8, 4) is 0 Å². The molecule has 1 heterocycles. The monoisotopic (exact) mass is 310 g/mol. The molecule has 0 amide bonds. The fraction of sp³-hybridized carbons (Fsp3) is 0.562. The minimum absolute atomic E-state index is 0.205. The number of benzene rings is 1. The van der Waals surface area contributed by atoms with Crippen molar-refractivity contribution in [1.82, 2.24) is 0 Å². The highest BCUT2D eigenvalue weighted by molar-refractivity contribution is 8.17. The van der Waals surface area contributed by atoms with E-state index in [0.717, 1.165) is 17.4 Å². The van der Waals surface area contributed by atoms with Crippen LogP contribution < -0.4 is 0 Å². The molecule has 1 saturated heterocycles. The number of unbranched alkanes of at least 4 members (excludes halogenated alkanes) is 2. The second-order valence-electron chi connectivity index (χ2n) is 4.88. The molecule has 0 unspecified atom stereocenters. The summed E-state index contributed by atoms with van der Waals surface area (Å²) in [4.78, 5) is 11.7. The van der Waals surface area contributed by atoms with Crippen LogP contribution in [0.3, 0.4) is 0 Å². The summed E-state index contributed by atoms with van der Waals surface area (Å²) in [7, 11) is 0. The van der Waals surface area contributed by atoms with Crippen LogP contribution in [0, 0.1) is 0 Å². The molecule has 1 aromatic carbocycles. The maximum Gasteiger partial charge on any atom is 0.338 e. The van der Waals surface area contributed by atoms with Crippen molar-refractivity contribution in [1.29, 1.82) is 0 Å². The maximum absolute atomic E-state index is 11.7. The van der Waals surface area contributed by atoms with Crippen LogP contribution in [0.1, 0.15) is 42.5 Å². The van der Waals surface area contributed by atoms with Crippen molar-refractivity contribution in [3.63, 3.8) is 0 Å². The van der Waals surface area contributed by atoms with Crippen molar-refractivity contribution >= 4 is 29.5 Å². The first-order valence-electron chi connectivity index (χ1n) is 7.31. The highest BCUT2D eigenvalue weighted by Crippen LogP contribution is 2.33. The van der Waals surface area contributed by atoms with Gasteiger partial charge >= 0.3 is 5.97 Å². The average molecular weight is 310 g/mol. The summed E-state index contributed by atoms with van der Waals surface area (Å²) in [5.74, 6) is 2.45. The molecule has 0 saturated carbocycles. The van der Waals surface area contributed by atoms with Crippen molar-refractivity contribution < 1.29 is 9.53 Å². The number of carbonyl (C=O) groups excluding carboxylic acids is 1. The van der Waals surface area contributed by atoms with Crippen LogP contribution >= 0.6 is 23.5 Å². The summed E-state index contributed by atoms with van der Waals surface area (Å²) >= 11 is 4.21. The molecular formula is C16H22O2S2. The first-order chi connectivity index (χ1) is 9.86. The van der Waals surface area contributed by atoms with E-state index in [2.05, 4.69) is 23.5 Å². The van der Waals surface area contributed by atoms with Gasteiger partial charge in [-0.2, -0.15) is 0 Å². The molecule has 20 heavy (non-hydrogen) atoms. The van der Waals surface area contributed by atoms with Crippen molar-refractivity contribution in [2.75, 3.05) is 18.1 Å². The molecule has 1 aliphatic heterocycles. The fourth-order valence-corrected chi connectivity index (χ4v) is 5.07. The van der Waals surface area contributed by atoms with Gasteiger partial charge in [-0.05, 0) is 49.3 Å². The van der Waals surface area contributed by atoms with E-state index < -0.39 is 0 Å². The number of esters is 1. The predicted octanol–water partition coefficient (Wildman–Crippen LogP) is 4.60. The van der Waals surface area contributed by atoms with Crippen molar-refractivity contribution in [3.05, 3.63) is 35.9 Å². The van der Waals surface area contributed by atoms with Gasteiger partial charge in [0.1, 0.15) is 0 Å². The van der Waals surface area contributed by atoms with Crippen LogP contribution in [0.15, 0.2) is 30.3 Å². The SMILES string of the molecule is O=C(OCCCCCC1SCCCS1)c1ccccc1. The van der Waals surface area contributed by atoms with Gasteiger partial charge in [0.2, 0.25) is 0 Å². The van der Waals surface area contributed by atoms with Gasteiger partial charge in [0.05, 0.1) is 16.8 Å². The summed E-state index contributed by atoms with van der Waals surface area (Å²) in [6.07, 6.45) is 6.02. The Labute approximate surface area is 130 Å². The number of carbonyl (C=O) groups is 1. The van der Waals surface area contributed by atoms with Gasteiger partial charge in [-0.1, -0.05) is 24.6 Å². The third-order valence-corrected chi connectivity index (χ3v) is 6.30. The Kier molecular flexibility index (Phi) is 7.37. The molecule has 0 aromatic heterocycles. The first-order valence-corrected chi connectivity index (χ1v) is 9.41. The van der Waals surface area contributed by atoms with E-state index in [1.54, 1.807) is 12.1 Å². The minimum Gasteiger partial charge on any atom is -0.462 e. The molecule has 2 nitrogen and oxygen atoms in total. The normalized spacial score (nSPS) is 16.0. The number of hydrogen-bond acceptors (Lipinski definition) is 4. The summed E-state index contributed by atoms with van der Waals surface area (Å²) in [6.45, 7) is 0.540. The van der Waals surface area contributed by atoms with Crippen molar-refractivity contribution in [2.24, 2.45) is 0 Å². The summed E-state index contributed by atoms with van der Waals surface area (Å²) in [6, 6.07) is 9.20. The highest BCUT2D eigenvalue weighted by atomic mass is 32.2. The lowest BCUT2D eigenvalue weighted by molar-refractivity contribution is 0.0498. The zero-order valence-corrected chi connectivity index (χ0v) is 13.4. The van der Waals surface area contributed by atoms with Crippen LogP contribution in [0.25, 0.3) is 0 Å². The standard InChI is InChI=1S/C16H22O2S2/c17-16(14-8-3-1-4-9-14)18-11-6-2-5-10-15-19-12-7-13-20-15/h1,3-4,8-9,15H,2,5-7,10-13H2. The van der Waals surface area contributed by atoms with Gasteiger partial charge in [0.25, 0.3) is 0 Å². The van der Waals surface area contributed by atoms with Crippen molar-refractivity contribution in [2.45, 2.75) is 36.7 Å². The maximum atomic E-state index is 11.7. The van der Waals surface area contributed by atoms with Crippen LogP contribution in [-0.2, 0) is 4.74 Å². The highest BCUT2D eigenvalue weighted by Gasteiger charge is 2.13. The Balaban J connectivity index is 1.50. The molecule has 2 rings (SSSR count). The topological polar surface area (TPSA) is 26.3 Å². The van der Waals surface area contributed by atoms with Crippen LogP contribution in [0.5, 0.6) is 0 Å². The van der Waals surface area contributed by atoms with Gasteiger partial charge < -0.3 is 4.74 Å². The first kappa shape index (κ1) is 15.8. The Morgan fingerprint density at radius 2 is 1.85 bits per heavy atom. The molecule has 0 N–H and O–H groups in total. The van der Waals surface area contributed by atoms with Gasteiger partial charge in [-0.3, -0.25) is 0 Å². The summed E-state index contributed by atoms with van der Waals surface area (Å²) in [5.41, 5.74) is 0.641. The zero-order chi connectivity index (χ0) is 14.0. The number of rotatable bonds is 7. The average Bonchev–Trinajstić information content (AvgIpc) is 2.52. The van der Waals surface area contributed by atoms with Gasteiger partial charge in [-0.25, -0.2) is 4.79 Å². The molecule has 1 aromatic rings. The number of thioether (sulfide) groups is 2. The molecular weight excluding hydrogens is 288 g/mol. The lowest BCUT2D eigenvalue weighted by Gasteiger charge is -2.20. The smallest absolute Gasteiger partial charge is 0.338 e. The molecule has 0 atom stereocenters. The third kappa shape index (κ3) is 5.80. The van der Waals surface area contributed by atoms with E-state index in [1.165, 1.54) is 30.8 Å². The Hall–Kier alpha value is -0.610. The molecule has 1 fully saturated rings. The second-order valence-corrected chi connectivity index (χ2v) is 7.80. The third-order valence-electron chi connectivity index (χ3n) is 3.22. The molecule has 110 valence electrons. The molecule has 1 aliphatic rings. The molecule has 0 aliphatic carbocycles. The van der Waals surface area contributed by atoms with Gasteiger partial charge in [0.15, 0.2) is 0 Å². The summed E-state index contributed by atoms with van der Waals surface area (Å²) in [5, 5.41) is 0. The van der Waals surface area contributed by atoms with E-state index >= 15 is 0 Å². The zero-order valence-electron chi connectivity index (χ0n) is 11.8. The van der Waals surface area contributed by atoms with E-state index in [9.17, 15) is 4.79 Å². The van der Waals surface area contributed by atoms with E-state index in [1.807, 2.05) is 18.2 Å². The summed E-state index contributed by atoms with van der Waals surface area (Å²) < 4.78 is 6.07. The fourth-order valence-electron chi connectivity index (χ4n) is 2.12.